The summed E-state index contributed by atoms with van der Waals surface area (Å²) in [5.74, 6) is -0.535. The predicted molar refractivity (Wildman–Crippen MR) is 33.4 cm³/mol. The molecule has 0 aliphatic heterocycles. The molecule has 0 aliphatic carbocycles. The Morgan fingerprint density at radius 2 is 2.30 bits per heavy atom. The zero-order chi connectivity index (χ0) is 7.98. The summed E-state index contributed by atoms with van der Waals surface area (Å²) in [6, 6.07) is 0. The van der Waals surface area contributed by atoms with E-state index in [9.17, 15) is 9.18 Å². The molecule has 0 saturated carbocycles. The second kappa shape index (κ2) is 5.17. The van der Waals surface area contributed by atoms with E-state index >= 15 is 0 Å². The number of hydrogen-bond acceptors (Lipinski definition) is 3. The molecule has 0 rings (SSSR count). The quantitative estimate of drug-likeness (QED) is 0.548. The van der Waals surface area contributed by atoms with Crippen LogP contribution >= 0.6 is 0 Å². The fourth-order valence-corrected chi connectivity index (χ4v) is 0.367. The average molecular weight is 150 g/mol. The molecule has 3 nitrogen and oxygen atoms in total. The highest BCUT2D eigenvalue weighted by Crippen LogP contribution is 1.89. The van der Waals surface area contributed by atoms with Gasteiger partial charge in [0.05, 0.1) is 0 Å². The van der Waals surface area contributed by atoms with Crippen molar-refractivity contribution < 1.29 is 18.7 Å². The van der Waals surface area contributed by atoms with Crippen molar-refractivity contribution in [2.24, 2.45) is 0 Å². The zero-order valence-electron chi connectivity index (χ0n) is 6.09. The van der Waals surface area contributed by atoms with Crippen molar-refractivity contribution in [2.75, 3.05) is 20.3 Å². The van der Waals surface area contributed by atoms with Crippen molar-refractivity contribution >= 4 is 5.97 Å². The van der Waals surface area contributed by atoms with Gasteiger partial charge in [-0.3, -0.25) is 0 Å². The number of carbonyl (C=O) groups excluding carboxylic acids is 1. The van der Waals surface area contributed by atoms with Crippen LogP contribution in [0.25, 0.3) is 0 Å². The molecule has 0 heterocycles. The number of alkyl halides is 1. The summed E-state index contributed by atoms with van der Waals surface area (Å²) >= 11 is 0. The first kappa shape index (κ1) is 9.36. The van der Waals surface area contributed by atoms with Crippen LogP contribution in [-0.2, 0) is 14.3 Å². The molecule has 0 aromatic heterocycles. The molecule has 0 spiro atoms. The molecule has 0 aromatic rings. The first-order valence-electron chi connectivity index (χ1n) is 2.95. The molecule has 0 N–H and O–H groups in total. The van der Waals surface area contributed by atoms with Gasteiger partial charge in [0.2, 0.25) is 0 Å². The molecule has 0 radical (unpaired) electrons. The maximum Gasteiger partial charge on any atom is 0.332 e. The van der Waals surface area contributed by atoms with E-state index in [-0.39, 0.29) is 13.2 Å². The van der Waals surface area contributed by atoms with Crippen LogP contribution in [-0.4, -0.2) is 32.5 Å². The molecular weight excluding hydrogens is 139 g/mol. The van der Waals surface area contributed by atoms with Crippen molar-refractivity contribution in [1.82, 2.24) is 0 Å². The van der Waals surface area contributed by atoms with Crippen LogP contribution in [0.1, 0.15) is 6.92 Å². The highest BCUT2D eigenvalue weighted by molar-refractivity contribution is 5.70. The molecule has 0 bridgehead atoms. The monoisotopic (exact) mass is 150 g/mol. The summed E-state index contributed by atoms with van der Waals surface area (Å²) in [4.78, 5) is 10.4. The van der Waals surface area contributed by atoms with Gasteiger partial charge in [-0.1, -0.05) is 0 Å². The summed E-state index contributed by atoms with van der Waals surface area (Å²) in [6.45, 7) is 1.01. The average Bonchev–Trinajstić information content (AvgIpc) is 1.85. The first-order valence-corrected chi connectivity index (χ1v) is 2.95. The molecule has 0 amide bonds. The summed E-state index contributed by atoms with van der Waals surface area (Å²) in [7, 11) is 1.38. The SMILES string of the molecule is COCC(=O)OCC(C)F. The number of esters is 1. The maximum atomic E-state index is 12.0. The van der Waals surface area contributed by atoms with Crippen LogP contribution in [0.3, 0.4) is 0 Å². The molecule has 1 atom stereocenters. The Labute approximate surface area is 59.1 Å². The molecular formula is C6H11FO3. The van der Waals surface area contributed by atoms with E-state index in [1.54, 1.807) is 0 Å². The van der Waals surface area contributed by atoms with Gasteiger partial charge in [-0.2, -0.15) is 0 Å². The minimum absolute atomic E-state index is 0.118. The van der Waals surface area contributed by atoms with Crippen molar-refractivity contribution in [2.45, 2.75) is 13.1 Å². The van der Waals surface area contributed by atoms with Gasteiger partial charge in [-0.05, 0) is 6.92 Å². The fraction of sp³-hybridized carbons (Fsp3) is 0.833. The Morgan fingerprint density at radius 3 is 2.70 bits per heavy atom. The van der Waals surface area contributed by atoms with E-state index in [0.717, 1.165) is 0 Å². The van der Waals surface area contributed by atoms with Crippen molar-refractivity contribution in [1.29, 1.82) is 0 Å². The fourth-order valence-electron chi connectivity index (χ4n) is 0.367. The molecule has 0 aromatic carbocycles. The van der Waals surface area contributed by atoms with E-state index in [1.165, 1.54) is 14.0 Å². The van der Waals surface area contributed by atoms with Crippen molar-refractivity contribution in [3.63, 3.8) is 0 Å². The van der Waals surface area contributed by atoms with E-state index in [0.29, 0.717) is 0 Å². The second-order valence-corrected chi connectivity index (χ2v) is 1.90. The van der Waals surface area contributed by atoms with Crippen LogP contribution in [0.4, 0.5) is 4.39 Å². The Balaban J connectivity index is 3.22. The Bertz CT molecular complexity index is 103. The summed E-state index contributed by atoms with van der Waals surface area (Å²) < 4.78 is 20.8. The Hall–Kier alpha value is -0.640. The molecule has 0 fully saturated rings. The third-order valence-electron chi connectivity index (χ3n) is 0.736. The van der Waals surface area contributed by atoms with Crippen LogP contribution in [0.15, 0.2) is 0 Å². The van der Waals surface area contributed by atoms with Crippen LogP contribution in [0, 0.1) is 0 Å². The van der Waals surface area contributed by atoms with Crippen LogP contribution < -0.4 is 0 Å². The Kier molecular flexibility index (Phi) is 4.84. The van der Waals surface area contributed by atoms with Crippen LogP contribution in [0.2, 0.25) is 0 Å². The summed E-state index contributed by atoms with van der Waals surface area (Å²) in [5.41, 5.74) is 0. The van der Waals surface area contributed by atoms with Gasteiger partial charge in [0.25, 0.3) is 0 Å². The van der Waals surface area contributed by atoms with E-state index < -0.39 is 12.1 Å². The lowest BCUT2D eigenvalue weighted by Gasteiger charge is -2.03. The molecule has 1 unspecified atom stereocenters. The van der Waals surface area contributed by atoms with Gasteiger partial charge < -0.3 is 9.47 Å². The lowest BCUT2D eigenvalue weighted by molar-refractivity contribution is -0.149. The van der Waals surface area contributed by atoms with Gasteiger partial charge in [-0.15, -0.1) is 0 Å². The van der Waals surface area contributed by atoms with E-state index in [1.807, 2.05) is 0 Å². The van der Waals surface area contributed by atoms with Gasteiger partial charge in [0.15, 0.2) is 0 Å². The number of hydrogen-bond donors (Lipinski definition) is 0. The lowest BCUT2D eigenvalue weighted by atomic mass is 10.5. The van der Waals surface area contributed by atoms with Gasteiger partial charge in [-0.25, -0.2) is 9.18 Å². The molecule has 0 aliphatic rings. The summed E-state index contributed by atoms with van der Waals surface area (Å²) in [5, 5.41) is 0. The minimum atomic E-state index is -1.11. The van der Waals surface area contributed by atoms with Crippen LogP contribution in [0.5, 0.6) is 0 Å². The largest absolute Gasteiger partial charge is 0.461 e. The highest BCUT2D eigenvalue weighted by atomic mass is 19.1. The highest BCUT2D eigenvalue weighted by Gasteiger charge is 2.03. The standard InChI is InChI=1S/C6H11FO3/c1-5(7)3-10-6(8)4-9-2/h5H,3-4H2,1-2H3. The number of carbonyl (C=O) groups is 1. The van der Waals surface area contributed by atoms with Crippen molar-refractivity contribution in [3.8, 4) is 0 Å². The number of ether oxygens (including phenoxy) is 2. The molecule has 4 heteroatoms. The van der Waals surface area contributed by atoms with Crippen molar-refractivity contribution in [3.05, 3.63) is 0 Å². The van der Waals surface area contributed by atoms with Gasteiger partial charge in [0, 0.05) is 7.11 Å². The van der Waals surface area contributed by atoms with E-state index in [2.05, 4.69) is 9.47 Å². The lowest BCUT2D eigenvalue weighted by Crippen LogP contribution is -2.16. The smallest absolute Gasteiger partial charge is 0.332 e. The normalized spacial score (nSPS) is 12.7. The Morgan fingerprint density at radius 1 is 1.70 bits per heavy atom. The maximum absolute atomic E-state index is 12.0. The second-order valence-electron chi connectivity index (χ2n) is 1.90. The van der Waals surface area contributed by atoms with E-state index in [4.69, 9.17) is 0 Å². The summed E-state index contributed by atoms with van der Waals surface area (Å²) in [6.07, 6.45) is -1.11. The predicted octanol–water partition coefficient (Wildman–Crippen LogP) is 0.534. The van der Waals surface area contributed by atoms with Gasteiger partial charge in [0.1, 0.15) is 19.4 Å². The zero-order valence-corrected chi connectivity index (χ0v) is 6.09. The molecule has 10 heavy (non-hydrogen) atoms. The van der Waals surface area contributed by atoms with Gasteiger partial charge >= 0.3 is 5.97 Å². The first-order chi connectivity index (χ1) is 4.66. The third-order valence-corrected chi connectivity index (χ3v) is 0.736. The topological polar surface area (TPSA) is 35.5 Å². The third kappa shape index (κ3) is 5.50. The molecule has 60 valence electrons. The minimum Gasteiger partial charge on any atom is -0.461 e. The number of methoxy groups -OCH3 is 1. The number of halogens is 1. The molecule has 0 saturated heterocycles. The number of rotatable bonds is 4.